The molecule has 0 spiro atoms. The van der Waals surface area contributed by atoms with Crippen LogP contribution in [-0.4, -0.2) is 17.3 Å². The van der Waals surface area contributed by atoms with Crippen molar-refractivity contribution in [2.75, 3.05) is 7.11 Å². The summed E-state index contributed by atoms with van der Waals surface area (Å²) in [5, 5.41) is 14.8. The molecule has 0 radical (unpaired) electrons. The van der Waals surface area contributed by atoms with Gasteiger partial charge in [-0.05, 0) is 17.7 Å². The van der Waals surface area contributed by atoms with Gasteiger partial charge in [0.15, 0.2) is 0 Å². The maximum absolute atomic E-state index is 13.3. The first-order valence-electron chi connectivity index (χ1n) is 6.73. The van der Waals surface area contributed by atoms with Gasteiger partial charge in [0.1, 0.15) is 23.1 Å². The van der Waals surface area contributed by atoms with Gasteiger partial charge in [0.25, 0.3) is 0 Å². The van der Waals surface area contributed by atoms with Crippen molar-refractivity contribution in [2.45, 2.75) is 12.1 Å². The van der Waals surface area contributed by atoms with E-state index in [0.717, 1.165) is 0 Å². The molecule has 1 aliphatic rings. The van der Waals surface area contributed by atoms with E-state index < -0.39 is 17.8 Å². The molecule has 6 nitrogen and oxygen atoms in total. The average molecular weight is 336 g/mol. The number of methoxy groups -OCH3 is 1. The summed E-state index contributed by atoms with van der Waals surface area (Å²) in [6.07, 6.45) is -4.68. The van der Waals surface area contributed by atoms with Crippen LogP contribution in [0.2, 0.25) is 0 Å². The van der Waals surface area contributed by atoms with Crippen LogP contribution in [0, 0.1) is 11.3 Å². The van der Waals surface area contributed by atoms with Crippen LogP contribution >= 0.6 is 0 Å². The number of hydrogen-bond acceptors (Lipinski definition) is 5. The number of nitriles is 1. The average Bonchev–Trinajstić information content (AvgIpc) is 2.97. The third-order valence-electron chi connectivity index (χ3n) is 3.67. The third-order valence-corrected chi connectivity index (χ3v) is 3.67. The fraction of sp³-hybridized carbons (Fsp3) is 0.200. The van der Waals surface area contributed by atoms with Crippen molar-refractivity contribution >= 4 is 0 Å². The number of halogens is 3. The molecule has 1 aromatic heterocycles. The van der Waals surface area contributed by atoms with E-state index in [1.807, 2.05) is 11.2 Å². The first-order valence-corrected chi connectivity index (χ1v) is 6.73. The molecule has 1 aromatic carbocycles. The first-order chi connectivity index (χ1) is 11.4. The number of aromatic nitrogens is 2. The van der Waals surface area contributed by atoms with E-state index in [4.69, 9.17) is 15.2 Å². The molecule has 0 saturated heterocycles. The summed E-state index contributed by atoms with van der Waals surface area (Å²) in [5.41, 5.74) is 4.67. The minimum Gasteiger partial charge on any atom is -0.497 e. The van der Waals surface area contributed by atoms with Crippen molar-refractivity contribution in [1.82, 2.24) is 10.2 Å². The highest BCUT2D eigenvalue weighted by Crippen LogP contribution is 2.46. The lowest BCUT2D eigenvalue weighted by atomic mass is 9.84. The van der Waals surface area contributed by atoms with E-state index in [1.54, 1.807) is 24.3 Å². The van der Waals surface area contributed by atoms with E-state index in [0.29, 0.717) is 11.3 Å². The summed E-state index contributed by atoms with van der Waals surface area (Å²) in [5.74, 6) is -1.07. The summed E-state index contributed by atoms with van der Waals surface area (Å²) < 4.78 is 49.9. The largest absolute Gasteiger partial charge is 0.497 e. The molecule has 1 atom stereocenters. The van der Waals surface area contributed by atoms with Crippen LogP contribution in [0.25, 0.3) is 0 Å². The molecule has 2 heterocycles. The van der Waals surface area contributed by atoms with Crippen molar-refractivity contribution in [1.29, 1.82) is 5.26 Å². The number of H-pyrrole nitrogens is 1. The molecule has 1 unspecified atom stereocenters. The standard InChI is InChI=1S/C15H11F3N4O2/c1-23-8-4-2-7(3-5-8)10-9(6-19)13(20)24-14-11(10)12(21-22-14)15(16,17)18/h2-5,10H,20H2,1H3,(H,21,22). The van der Waals surface area contributed by atoms with Gasteiger partial charge in [-0.25, -0.2) is 0 Å². The zero-order valence-corrected chi connectivity index (χ0v) is 12.3. The Bertz CT molecular complexity index is 847. The van der Waals surface area contributed by atoms with Crippen LogP contribution in [0.1, 0.15) is 22.7 Å². The highest BCUT2D eigenvalue weighted by Gasteiger charge is 2.44. The molecular formula is C15H11F3N4O2. The van der Waals surface area contributed by atoms with Crippen molar-refractivity contribution in [2.24, 2.45) is 5.73 Å². The van der Waals surface area contributed by atoms with Gasteiger partial charge in [0.2, 0.25) is 11.8 Å². The molecule has 0 bridgehead atoms. The second-order valence-corrected chi connectivity index (χ2v) is 5.01. The number of nitrogens with one attached hydrogen (secondary N) is 1. The maximum atomic E-state index is 13.3. The number of fused-ring (bicyclic) bond motifs is 1. The van der Waals surface area contributed by atoms with Crippen LogP contribution in [0.5, 0.6) is 11.6 Å². The normalized spacial score (nSPS) is 17.0. The maximum Gasteiger partial charge on any atom is 0.433 e. The molecule has 3 N–H and O–H groups in total. The van der Waals surface area contributed by atoms with Gasteiger partial charge in [-0.2, -0.15) is 18.4 Å². The third kappa shape index (κ3) is 2.42. The monoisotopic (exact) mass is 336 g/mol. The summed E-state index contributed by atoms with van der Waals surface area (Å²) >= 11 is 0. The molecule has 2 aromatic rings. The van der Waals surface area contributed by atoms with Gasteiger partial charge in [0, 0.05) is 0 Å². The summed E-state index contributed by atoms with van der Waals surface area (Å²) in [6.45, 7) is 0. The Hall–Kier alpha value is -3.15. The number of allylic oxidation sites excluding steroid dienone is 1. The Balaban J connectivity index is 2.22. The Morgan fingerprint density at radius 2 is 2.00 bits per heavy atom. The number of ether oxygens (including phenoxy) is 2. The summed E-state index contributed by atoms with van der Waals surface area (Å²) in [7, 11) is 1.47. The Kier molecular flexibility index (Phi) is 3.60. The predicted octanol–water partition coefficient (Wildman–Crippen LogP) is 2.66. The van der Waals surface area contributed by atoms with Crippen molar-refractivity contribution in [3.8, 4) is 17.7 Å². The number of aromatic amines is 1. The Morgan fingerprint density at radius 1 is 1.33 bits per heavy atom. The molecule has 0 amide bonds. The SMILES string of the molecule is COc1ccc(C2C(C#N)=C(N)Oc3n[nH]c(C(F)(F)F)c32)cc1. The smallest absolute Gasteiger partial charge is 0.433 e. The van der Waals surface area contributed by atoms with Crippen LogP contribution in [0.15, 0.2) is 35.7 Å². The number of nitrogens with two attached hydrogens (primary N) is 1. The van der Waals surface area contributed by atoms with Crippen molar-refractivity contribution < 1.29 is 22.6 Å². The van der Waals surface area contributed by atoms with Gasteiger partial charge in [-0.3, -0.25) is 5.10 Å². The van der Waals surface area contributed by atoms with Gasteiger partial charge in [0.05, 0.1) is 18.6 Å². The van der Waals surface area contributed by atoms with Gasteiger partial charge in [-0.1, -0.05) is 12.1 Å². The molecule has 9 heteroatoms. The summed E-state index contributed by atoms with van der Waals surface area (Å²) in [4.78, 5) is 0. The molecule has 24 heavy (non-hydrogen) atoms. The molecule has 1 aliphatic heterocycles. The second-order valence-electron chi connectivity index (χ2n) is 5.01. The van der Waals surface area contributed by atoms with Crippen LogP contribution in [0.3, 0.4) is 0 Å². The number of nitrogens with zero attached hydrogens (tertiary/aromatic N) is 2. The minimum absolute atomic E-state index is 0.112. The van der Waals surface area contributed by atoms with E-state index in [1.165, 1.54) is 7.11 Å². The minimum atomic E-state index is -4.68. The second kappa shape index (κ2) is 5.49. The van der Waals surface area contributed by atoms with E-state index >= 15 is 0 Å². The number of hydrogen-bond donors (Lipinski definition) is 2. The van der Waals surface area contributed by atoms with E-state index in [-0.39, 0.29) is 22.9 Å². The molecule has 0 saturated carbocycles. The zero-order valence-electron chi connectivity index (χ0n) is 12.3. The fourth-order valence-corrected chi connectivity index (χ4v) is 2.59. The lowest BCUT2D eigenvalue weighted by Gasteiger charge is -2.24. The van der Waals surface area contributed by atoms with Crippen molar-refractivity contribution in [3.05, 3.63) is 52.5 Å². The first kappa shape index (κ1) is 15.7. The number of alkyl halides is 3. The molecule has 124 valence electrons. The Morgan fingerprint density at radius 3 is 2.54 bits per heavy atom. The highest BCUT2D eigenvalue weighted by atomic mass is 19.4. The highest BCUT2D eigenvalue weighted by molar-refractivity contribution is 5.56. The lowest BCUT2D eigenvalue weighted by Crippen LogP contribution is -2.22. The quantitative estimate of drug-likeness (QED) is 0.879. The van der Waals surface area contributed by atoms with Crippen LogP contribution < -0.4 is 15.2 Å². The molecular weight excluding hydrogens is 325 g/mol. The zero-order chi connectivity index (χ0) is 17.5. The molecule has 3 rings (SSSR count). The topological polar surface area (TPSA) is 96.9 Å². The van der Waals surface area contributed by atoms with Gasteiger partial charge >= 0.3 is 6.18 Å². The molecule has 0 aliphatic carbocycles. The van der Waals surface area contributed by atoms with Crippen molar-refractivity contribution in [3.63, 3.8) is 0 Å². The molecule has 0 fully saturated rings. The Labute approximate surface area is 134 Å². The number of rotatable bonds is 2. The van der Waals surface area contributed by atoms with Crippen LogP contribution in [-0.2, 0) is 6.18 Å². The fourth-order valence-electron chi connectivity index (χ4n) is 2.59. The lowest BCUT2D eigenvalue weighted by molar-refractivity contribution is -0.141. The van der Waals surface area contributed by atoms with E-state index in [9.17, 15) is 18.4 Å². The van der Waals surface area contributed by atoms with Gasteiger partial charge < -0.3 is 15.2 Å². The van der Waals surface area contributed by atoms with E-state index in [2.05, 4.69) is 5.10 Å². The van der Waals surface area contributed by atoms with Gasteiger partial charge in [-0.15, -0.1) is 5.10 Å². The van der Waals surface area contributed by atoms with Crippen LogP contribution in [0.4, 0.5) is 13.2 Å². The predicted molar refractivity (Wildman–Crippen MR) is 75.9 cm³/mol. The summed E-state index contributed by atoms with van der Waals surface area (Å²) in [6, 6.07) is 8.13. The number of benzene rings is 1.